The molecule has 3 fully saturated rings. The SMILES string of the molecule is Cc1ccc(-c2nccc(C3CC3)n2)cc1NC(=O)c1cnn2ccc(N3CC4(COC4)C3)cc12. The summed E-state index contributed by atoms with van der Waals surface area (Å²) >= 11 is 0. The minimum Gasteiger partial charge on any atom is -0.380 e. The molecule has 4 aromatic rings. The van der Waals surface area contributed by atoms with Crippen LogP contribution in [0.15, 0.2) is 55.0 Å². The van der Waals surface area contributed by atoms with E-state index in [1.54, 1.807) is 10.7 Å². The molecular weight excluding hydrogens is 440 g/mol. The second-order valence-corrected chi connectivity index (χ2v) is 10.2. The Morgan fingerprint density at radius 3 is 2.77 bits per heavy atom. The van der Waals surface area contributed by atoms with Crippen molar-refractivity contribution in [1.29, 1.82) is 0 Å². The molecule has 2 aliphatic heterocycles. The second kappa shape index (κ2) is 7.61. The first-order valence-electron chi connectivity index (χ1n) is 12.1. The summed E-state index contributed by atoms with van der Waals surface area (Å²) in [6.07, 6.45) is 7.76. The van der Waals surface area contributed by atoms with E-state index >= 15 is 0 Å². The van der Waals surface area contributed by atoms with E-state index in [2.05, 4.69) is 32.4 Å². The molecule has 7 rings (SSSR count). The number of carbonyl (C=O) groups is 1. The lowest BCUT2D eigenvalue weighted by atomic mass is 9.78. The topological polar surface area (TPSA) is 84.7 Å². The van der Waals surface area contributed by atoms with E-state index in [1.807, 2.05) is 43.6 Å². The summed E-state index contributed by atoms with van der Waals surface area (Å²) in [5, 5.41) is 7.49. The third-order valence-electron chi connectivity index (χ3n) is 7.40. The zero-order valence-corrected chi connectivity index (χ0v) is 19.6. The molecule has 1 aliphatic carbocycles. The van der Waals surface area contributed by atoms with Crippen molar-refractivity contribution < 1.29 is 9.53 Å². The Morgan fingerprint density at radius 2 is 2.00 bits per heavy atom. The molecule has 5 heterocycles. The summed E-state index contributed by atoms with van der Waals surface area (Å²) in [6, 6.07) is 12.1. The number of pyridine rings is 1. The highest BCUT2D eigenvalue weighted by atomic mass is 16.5. The number of ether oxygens (including phenoxy) is 1. The molecule has 35 heavy (non-hydrogen) atoms. The Bertz CT molecular complexity index is 1460. The van der Waals surface area contributed by atoms with Gasteiger partial charge in [0.2, 0.25) is 0 Å². The van der Waals surface area contributed by atoms with Crippen LogP contribution < -0.4 is 10.2 Å². The fourth-order valence-corrected chi connectivity index (χ4v) is 5.06. The molecule has 0 unspecified atom stereocenters. The van der Waals surface area contributed by atoms with Gasteiger partial charge in [-0.25, -0.2) is 14.5 Å². The number of aryl methyl sites for hydroxylation is 1. The molecule has 1 N–H and O–H groups in total. The monoisotopic (exact) mass is 466 g/mol. The number of aromatic nitrogens is 4. The number of hydrogen-bond donors (Lipinski definition) is 1. The summed E-state index contributed by atoms with van der Waals surface area (Å²) in [6.45, 7) is 5.67. The lowest BCUT2D eigenvalue weighted by Crippen LogP contribution is -2.66. The number of rotatable bonds is 5. The Morgan fingerprint density at radius 1 is 1.14 bits per heavy atom. The van der Waals surface area contributed by atoms with E-state index in [0.29, 0.717) is 22.7 Å². The average molecular weight is 467 g/mol. The second-order valence-electron chi connectivity index (χ2n) is 10.2. The van der Waals surface area contributed by atoms with Crippen molar-refractivity contribution in [1.82, 2.24) is 19.6 Å². The molecule has 3 aromatic heterocycles. The molecule has 0 bridgehead atoms. The van der Waals surface area contributed by atoms with Crippen molar-refractivity contribution in [2.75, 3.05) is 36.5 Å². The highest BCUT2D eigenvalue weighted by Gasteiger charge is 2.49. The van der Waals surface area contributed by atoms with Gasteiger partial charge in [0.05, 0.1) is 35.9 Å². The third-order valence-corrected chi connectivity index (χ3v) is 7.40. The minimum atomic E-state index is -0.183. The molecule has 8 nitrogen and oxygen atoms in total. The molecule has 1 aromatic carbocycles. The predicted octanol–water partition coefficient (Wildman–Crippen LogP) is 4.07. The van der Waals surface area contributed by atoms with Crippen molar-refractivity contribution in [2.24, 2.45) is 5.41 Å². The van der Waals surface area contributed by atoms with Crippen molar-refractivity contribution in [3.05, 3.63) is 71.8 Å². The first-order valence-corrected chi connectivity index (χ1v) is 12.1. The first kappa shape index (κ1) is 20.6. The lowest BCUT2D eigenvalue weighted by molar-refractivity contribution is -0.127. The quantitative estimate of drug-likeness (QED) is 0.477. The number of hydrogen-bond acceptors (Lipinski definition) is 6. The van der Waals surface area contributed by atoms with Crippen LogP contribution in [0.2, 0.25) is 0 Å². The molecule has 1 saturated carbocycles. The molecule has 176 valence electrons. The van der Waals surface area contributed by atoms with E-state index in [9.17, 15) is 4.79 Å². The van der Waals surface area contributed by atoms with Crippen molar-refractivity contribution >= 4 is 22.8 Å². The lowest BCUT2D eigenvalue weighted by Gasteiger charge is -2.56. The van der Waals surface area contributed by atoms with Crippen LogP contribution in [0.25, 0.3) is 16.9 Å². The highest BCUT2D eigenvalue weighted by Crippen LogP contribution is 2.41. The Hall–Kier alpha value is -3.78. The highest BCUT2D eigenvalue weighted by molar-refractivity contribution is 6.09. The molecule has 0 radical (unpaired) electrons. The maximum absolute atomic E-state index is 13.3. The fraction of sp³-hybridized carbons (Fsp3) is 0.333. The third kappa shape index (κ3) is 3.56. The van der Waals surface area contributed by atoms with Gasteiger partial charge in [-0.15, -0.1) is 0 Å². The van der Waals surface area contributed by atoms with Crippen LogP contribution in [-0.2, 0) is 4.74 Å². The first-order chi connectivity index (χ1) is 17.1. The summed E-state index contributed by atoms with van der Waals surface area (Å²) in [4.78, 5) is 24.9. The maximum atomic E-state index is 13.3. The number of carbonyl (C=O) groups excluding carboxylic acids is 1. The van der Waals surface area contributed by atoms with Crippen LogP contribution in [0.5, 0.6) is 0 Å². The Kier molecular flexibility index (Phi) is 4.48. The van der Waals surface area contributed by atoms with Gasteiger partial charge in [0.25, 0.3) is 5.91 Å². The fourth-order valence-electron chi connectivity index (χ4n) is 5.06. The largest absolute Gasteiger partial charge is 0.380 e. The van der Waals surface area contributed by atoms with E-state index in [0.717, 1.165) is 60.0 Å². The van der Waals surface area contributed by atoms with E-state index in [4.69, 9.17) is 9.72 Å². The van der Waals surface area contributed by atoms with Gasteiger partial charge in [-0.3, -0.25) is 4.79 Å². The van der Waals surface area contributed by atoms with Gasteiger partial charge in [0, 0.05) is 54.0 Å². The number of benzene rings is 1. The van der Waals surface area contributed by atoms with Gasteiger partial charge in [-0.2, -0.15) is 5.10 Å². The number of nitrogens with zero attached hydrogens (tertiary/aromatic N) is 5. The van der Waals surface area contributed by atoms with Crippen molar-refractivity contribution in [2.45, 2.75) is 25.7 Å². The van der Waals surface area contributed by atoms with Crippen molar-refractivity contribution in [3.8, 4) is 11.4 Å². The number of fused-ring (bicyclic) bond motifs is 1. The molecular formula is C27H26N6O2. The molecule has 3 aliphatic rings. The van der Waals surface area contributed by atoms with E-state index in [1.165, 1.54) is 12.8 Å². The van der Waals surface area contributed by atoms with Crippen LogP contribution in [0, 0.1) is 12.3 Å². The molecule has 1 amide bonds. The zero-order valence-electron chi connectivity index (χ0n) is 19.6. The molecule has 2 saturated heterocycles. The number of amides is 1. The zero-order chi connectivity index (χ0) is 23.6. The van der Waals surface area contributed by atoms with Crippen LogP contribution in [-0.4, -0.2) is 51.8 Å². The molecule has 1 spiro atoms. The van der Waals surface area contributed by atoms with E-state index < -0.39 is 0 Å². The van der Waals surface area contributed by atoms with Gasteiger partial charge in [0.1, 0.15) is 0 Å². The number of nitrogens with one attached hydrogen (secondary N) is 1. The molecule has 8 heteroatoms. The Labute approximate surface area is 203 Å². The van der Waals surface area contributed by atoms with Gasteiger partial charge < -0.3 is 15.0 Å². The van der Waals surface area contributed by atoms with Gasteiger partial charge in [-0.1, -0.05) is 12.1 Å². The van der Waals surface area contributed by atoms with Crippen LogP contribution in [0.1, 0.15) is 40.4 Å². The summed E-state index contributed by atoms with van der Waals surface area (Å²) in [7, 11) is 0. The summed E-state index contributed by atoms with van der Waals surface area (Å²) in [5.41, 5.74) is 6.49. The smallest absolute Gasteiger partial charge is 0.259 e. The normalized spacial score (nSPS) is 18.4. The maximum Gasteiger partial charge on any atom is 0.259 e. The van der Waals surface area contributed by atoms with Crippen molar-refractivity contribution in [3.63, 3.8) is 0 Å². The van der Waals surface area contributed by atoms with E-state index in [-0.39, 0.29) is 5.91 Å². The van der Waals surface area contributed by atoms with Gasteiger partial charge >= 0.3 is 0 Å². The van der Waals surface area contributed by atoms with Gasteiger partial charge in [-0.05, 0) is 49.6 Å². The summed E-state index contributed by atoms with van der Waals surface area (Å²) in [5.74, 6) is 1.07. The standard InChI is InChI=1S/C27H26N6O2/c1-17-2-3-19(25-28-8-6-22(30-25)18-4-5-18)10-23(17)31-26(34)21-12-29-33-9-7-20(11-24(21)33)32-13-27(14-32)15-35-16-27/h2-3,6-12,18H,4-5,13-16H2,1H3,(H,31,34). The number of anilines is 2. The average Bonchev–Trinajstić information content (AvgIpc) is 3.58. The summed E-state index contributed by atoms with van der Waals surface area (Å²) < 4.78 is 7.14. The van der Waals surface area contributed by atoms with Gasteiger partial charge in [0.15, 0.2) is 5.82 Å². The van der Waals surface area contributed by atoms with Crippen LogP contribution in [0.3, 0.4) is 0 Å². The Balaban J connectivity index is 1.15. The molecule has 0 atom stereocenters. The van der Waals surface area contributed by atoms with Crippen LogP contribution in [0.4, 0.5) is 11.4 Å². The predicted molar refractivity (Wildman–Crippen MR) is 133 cm³/mol. The minimum absolute atomic E-state index is 0.183. The van der Waals surface area contributed by atoms with Crippen LogP contribution >= 0.6 is 0 Å².